The van der Waals surface area contributed by atoms with Gasteiger partial charge in [0.05, 0.1) is 0 Å². The Morgan fingerprint density at radius 1 is 0.674 bits per heavy atom. The molecule has 16 heteroatoms. The van der Waals surface area contributed by atoms with E-state index >= 15 is 0 Å². The average molecular weight is 699 g/mol. The Balaban J connectivity index is 0. The van der Waals surface area contributed by atoms with E-state index in [0.717, 1.165) is 50.3 Å². The zero-order valence-corrected chi connectivity index (χ0v) is 31.0. The van der Waals surface area contributed by atoms with Gasteiger partial charge in [0.1, 0.15) is 25.4 Å². The fourth-order valence-electron chi connectivity index (χ4n) is 3.66. The predicted molar refractivity (Wildman–Crippen MR) is 180 cm³/mol. The van der Waals surface area contributed by atoms with Crippen molar-refractivity contribution in [3.8, 4) is 0 Å². The van der Waals surface area contributed by atoms with Crippen molar-refractivity contribution in [3.63, 3.8) is 0 Å². The van der Waals surface area contributed by atoms with E-state index in [9.17, 15) is 19.8 Å². The molecular weight excluding hydrogens is 637 g/mol. The minimum absolute atomic E-state index is 0.0463. The zero-order chi connectivity index (χ0) is 35.1. The van der Waals surface area contributed by atoms with Crippen LogP contribution in [0.3, 0.4) is 0 Å². The highest BCUT2D eigenvalue weighted by Crippen LogP contribution is 2.19. The predicted octanol–water partition coefficient (Wildman–Crippen LogP) is 2.21. The van der Waals surface area contributed by atoms with Crippen molar-refractivity contribution >= 4 is 29.5 Å². The smallest absolute Gasteiger partial charge is 0.460 e. The molecule has 0 aromatic heterocycles. The lowest BCUT2D eigenvalue weighted by Crippen LogP contribution is -2.47. The van der Waals surface area contributed by atoms with Gasteiger partial charge in [0, 0.05) is 78.5 Å². The number of aliphatic hydroxyl groups excluding tert-OH is 2. The molecule has 0 radical (unpaired) electrons. The Kier molecular flexibility index (Phi) is 31.1. The second kappa shape index (κ2) is 30.8. The summed E-state index contributed by atoms with van der Waals surface area (Å²) in [5.74, 6) is -1.07. The number of carbonyl (C=O) groups excluding carboxylic acids is 2. The fourth-order valence-corrected chi connectivity index (χ4v) is 8.22. The summed E-state index contributed by atoms with van der Waals surface area (Å²) < 4.78 is 43.5. The van der Waals surface area contributed by atoms with Crippen LogP contribution in [0.15, 0.2) is 25.3 Å². The van der Waals surface area contributed by atoms with Crippen molar-refractivity contribution in [2.45, 2.75) is 77.2 Å². The highest BCUT2D eigenvalue weighted by Gasteiger charge is 2.40. The van der Waals surface area contributed by atoms with Crippen molar-refractivity contribution in [2.24, 2.45) is 0 Å². The minimum atomic E-state index is -2.65. The Hall–Kier alpha value is -1.55. The normalized spacial score (nSPS) is 12.9. The highest BCUT2D eigenvalue weighted by molar-refractivity contribution is 6.61. The average Bonchev–Trinajstić information content (AvgIpc) is 3.08. The van der Waals surface area contributed by atoms with Gasteiger partial charge in [-0.05, 0) is 45.2 Å². The van der Waals surface area contributed by atoms with Gasteiger partial charge in [-0.3, -0.25) is 0 Å². The summed E-state index contributed by atoms with van der Waals surface area (Å²) in [6.45, 7) is 16.7. The lowest BCUT2D eigenvalue weighted by molar-refractivity contribution is -0.141. The van der Waals surface area contributed by atoms with Crippen LogP contribution in [0.2, 0.25) is 12.1 Å². The maximum absolute atomic E-state index is 11.0. The molecule has 0 amide bonds. The van der Waals surface area contributed by atoms with Gasteiger partial charge in [-0.25, -0.2) is 9.59 Å². The van der Waals surface area contributed by atoms with Gasteiger partial charge in [-0.2, -0.15) is 0 Å². The molecule has 0 aliphatic heterocycles. The second-order valence-electron chi connectivity index (χ2n) is 10.1. The summed E-state index contributed by atoms with van der Waals surface area (Å²) in [7, 11) is -0.445. The van der Waals surface area contributed by atoms with Gasteiger partial charge in [-0.1, -0.05) is 33.9 Å². The fraction of sp³-hybridized carbons (Fsp3) is 0.800. The Bertz CT molecular complexity index is 748. The van der Waals surface area contributed by atoms with Crippen molar-refractivity contribution < 1.29 is 55.8 Å². The third-order valence-corrected chi connectivity index (χ3v) is 11.8. The van der Waals surface area contributed by atoms with Gasteiger partial charge in [0.25, 0.3) is 0 Å². The van der Waals surface area contributed by atoms with Crippen LogP contribution in [-0.2, 0) is 45.6 Å². The van der Waals surface area contributed by atoms with Crippen LogP contribution in [0.4, 0.5) is 0 Å². The first-order valence-corrected chi connectivity index (χ1v) is 19.9. The summed E-state index contributed by atoms with van der Waals surface area (Å²) >= 11 is 0. The molecule has 0 fully saturated rings. The van der Waals surface area contributed by atoms with Gasteiger partial charge >= 0.3 is 29.5 Å². The van der Waals surface area contributed by atoms with E-state index in [0.29, 0.717) is 52.0 Å². The zero-order valence-electron chi connectivity index (χ0n) is 29.0. The number of nitrogens with one attached hydrogen (secondary N) is 2. The topological polar surface area (TPSA) is 172 Å². The minimum Gasteiger partial charge on any atom is -0.460 e. The van der Waals surface area contributed by atoms with Crippen molar-refractivity contribution in [1.29, 1.82) is 0 Å². The first kappa shape index (κ1) is 46.6. The van der Waals surface area contributed by atoms with E-state index in [-0.39, 0.29) is 13.2 Å². The Labute approximate surface area is 278 Å². The molecule has 14 nitrogen and oxygen atoms in total. The molecule has 0 saturated heterocycles. The van der Waals surface area contributed by atoms with Gasteiger partial charge in [-0.15, -0.1) is 0 Å². The van der Waals surface area contributed by atoms with Crippen LogP contribution in [0.25, 0.3) is 0 Å². The monoisotopic (exact) mass is 698 g/mol. The molecule has 0 spiro atoms. The molecule has 0 heterocycles. The van der Waals surface area contributed by atoms with E-state index < -0.39 is 41.8 Å². The molecule has 272 valence electrons. The third kappa shape index (κ3) is 24.6. The molecule has 0 aliphatic rings. The number of carbonyl (C=O) groups is 2. The molecule has 0 rings (SSSR count). The van der Waals surface area contributed by atoms with E-state index in [1.807, 2.05) is 0 Å². The molecule has 46 heavy (non-hydrogen) atoms. The van der Waals surface area contributed by atoms with Crippen LogP contribution in [0.5, 0.6) is 0 Å². The SMILES string of the molecule is C=CC(=O)OCC(O)CNCCC[Si](OC)(OC)OC.C=CC(=O)OCC(O)CNCCC[Si](OCCC)(OCCC)OCCC. The highest BCUT2D eigenvalue weighted by atomic mass is 28.4. The molecule has 2 atom stereocenters. The molecular formula is C30H62N2O12Si2. The Morgan fingerprint density at radius 2 is 1.02 bits per heavy atom. The van der Waals surface area contributed by atoms with Crippen LogP contribution in [0, 0.1) is 0 Å². The van der Waals surface area contributed by atoms with Gasteiger partial charge in [0.2, 0.25) is 0 Å². The summed E-state index contributed by atoms with van der Waals surface area (Å²) in [4.78, 5) is 21.7. The van der Waals surface area contributed by atoms with E-state index in [2.05, 4.69) is 44.6 Å². The third-order valence-electron chi connectivity index (χ3n) is 6.11. The second-order valence-corrected chi connectivity index (χ2v) is 15.9. The summed E-state index contributed by atoms with van der Waals surface area (Å²) in [6, 6.07) is 1.42. The molecule has 4 N–H and O–H groups in total. The van der Waals surface area contributed by atoms with E-state index in [1.54, 1.807) is 21.3 Å². The molecule has 0 aromatic carbocycles. The summed E-state index contributed by atoms with van der Waals surface area (Å²) in [6.07, 6.45) is 5.04. The first-order chi connectivity index (χ1) is 22.1. The van der Waals surface area contributed by atoms with Crippen LogP contribution < -0.4 is 10.6 Å². The molecule has 0 bridgehead atoms. The standard InChI is InChI=1S/C18H37NO6Si.C12H25NO6Si/c1-5-11-23-26(24-12-6-2,25-13-7-3)14-9-10-19-15-17(20)16-22-18(21)8-4;1-5-12(15)19-10-11(14)9-13-7-6-8-20(16-2,17-3)18-4/h8,17,19-20H,4-7,9-16H2,1-3H3;5,11,13-14H,1,6-10H2,2-4H3. The number of hydrogen-bond donors (Lipinski definition) is 4. The van der Waals surface area contributed by atoms with Gasteiger partial charge < -0.3 is 56.9 Å². The number of esters is 2. The lowest BCUT2D eigenvalue weighted by atomic mass is 10.3. The summed E-state index contributed by atoms with van der Waals surface area (Å²) in [5.41, 5.74) is 0. The number of aliphatic hydroxyl groups is 2. The maximum Gasteiger partial charge on any atom is 0.501 e. The quantitative estimate of drug-likeness (QED) is 0.0372. The van der Waals surface area contributed by atoms with Crippen LogP contribution in [-0.4, -0.2) is 133 Å². The van der Waals surface area contributed by atoms with E-state index in [1.165, 1.54) is 0 Å². The van der Waals surface area contributed by atoms with Crippen molar-refractivity contribution in [3.05, 3.63) is 25.3 Å². The van der Waals surface area contributed by atoms with Gasteiger partial charge in [0.15, 0.2) is 0 Å². The molecule has 0 saturated carbocycles. The van der Waals surface area contributed by atoms with Crippen LogP contribution >= 0.6 is 0 Å². The van der Waals surface area contributed by atoms with Crippen molar-refractivity contribution in [2.75, 3.05) is 80.5 Å². The number of ether oxygens (including phenoxy) is 2. The largest absolute Gasteiger partial charge is 0.501 e. The van der Waals surface area contributed by atoms with Crippen LogP contribution in [0.1, 0.15) is 52.9 Å². The molecule has 0 aromatic rings. The molecule has 2 unspecified atom stereocenters. The number of rotatable bonds is 30. The number of hydrogen-bond acceptors (Lipinski definition) is 14. The lowest BCUT2D eigenvalue weighted by Gasteiger charge is -2.29. The van der Waals surface area contributed by atoms with Crippen molar-refractivity contribution in [1.82, 2.24) is 10.6 Å². The first-order valence-electron chi connectivity index (χ1n) is 16.0. The van der Waals surface area contributed by atoms with E-state index in [4.69, 9.17) is 36.0 Å². The summed E-state index contributed by atoms with van der Waals surface area (Å²) in [5, 5.41) is 25.5. The maximum atomic E-state index is 11.0. The Morgan fingerprint density at radius 3 is 1.33 bits per heavy atom. The molecule has 0 aliphatic carbocycles.